The van der Waals surface area contributed by atoms with E-state index >= 15 is 0 Å². The Morgan fingerprint density at radius 2 is 1.90 bits per heavy atom. The first kappa shape index (κ1) is 13.5. The van der Waals surface area contributed by atoms with Crippen LogP contribution in [0.2, 0.25) is 0 Å². The molecule has 110 valence electrons. The predicted octanol–water partition coefficient (Wildman–Crippen LogP) is 4.21. The SMILES string of the molecule is CNC(c1ccc(C2CC2)cc1)c1nc2c(s1)CCCC2. The lowest BCUT2D eigenvalue weighted by Crippen LogP contribution is -2.17. The Bertz CT molecular complexity index is 602. The van der Waals surface area contributed by atoms with E-state index in [9.17, 15) is 0 Å². The summed E-state index contributed by atoms with van der Waals surface area (Å²) in [6, 6.07) is 9.44. The van der Waals surface area contributed by atoms with Crippen molar-refractivity contribution in [3.05, 3.63) is 51.0 Å². The van der Waals surface area contributed by atoms with Gasteiger partial charge in [0.2, 0.25) is 0 Å². The number of nitrogens with zero attached hydrogens (tertiary/aromatic N) is 1. The van der Waals surface area contributed by atoms with Crippen LogP contribution in [0.5, 0.6) is 0 Å². The number of aryl methyl sites for hydroxylation is 2. The van der Waals surface area contributed by atoms with Gasteiger partial charge in [-0.25, -0.2) is 4.98 Å². The third-order valence-electron chi connectivity index (χ3n) is 4.72. The van der Waals surface area contributed by atoms with Gasteiger partial charge in [0.05, 0.1) is 11.7 Å². The molecule has 1 aromatic carbocycles. The van der Waals surface area contributed by atoms with Gasteiger partial charge >= 0.3 is 0 Å². The molecule has 2 aromatic rings. The summed E-state index contributed by atoms with van der Waals surface area (Å²) in [5.74, 6) is 0.833. The first-order valence-corrected chi connectivity index (χ1v) is 8.92. The lowest BCUT2D eigenvalue weighted by Gasteiger charge is -2.14. The average Bonchev–Trinajstić information content (AvgIpc) is 3.28. The molecule has 1 atom stereocenters. The van der Waals surface area contributed by atoms with Crippen molar-refractivity contribution in [2.24, 2.45) is 0 Å². The third kappa shape index (κ3) is 2.65. The van der Waals surface area contributed by atoms with Crippen LogP contribution >= 0.6 is 11.3 Å². The topological polar surface area (TPSA) is 24.9 Å². The van der Waals surface area contributed by atoms with Gasteiger partial charge in [0.25, 0.3) is 0 Å². The van der Waals surface area contributed by atoms with E-state index in [0.29, 0.717) is 0 Å². The van der Waals surface area contributed by atoms with E-state index in [-0.39, 0.29) is 6.04 Å². The smallest absolute Gasteiger partial charge is 0.115 e. The number of hydrogen-bond donors (Lipinski definition) is 1. The highest BCUT2D eigenvalue weighted by Gasteiger charge is 2.24. The number of nitrogens with one attached hydrogen (secondary N) is 1. The van der Waals surface area contributed by atoms with Gasteiger partial charge in [0.1, 0.15) is 5.01 Å². The highest BCUT2D eigenvalue weighted by atomic mass is 32.1. The quantitative estimate of drug-likeness (QED) is 0.914. The standard InChI is InChI=1S/C18H22N2S/c1-19-17(14-10-8-13(9-11-14)12-6-7-12)18-20-15-4-2-3-5-16(15)21-18/h8-12,17,19H,2-7H2,1H3. The summed E-state index contributed by atoms with van der Waals surface area (Å²) in [7, 11) is 2.04. The Balaban J connectivity index is 1.62. The molecule has 0 spiro atoms. The van der Waals surface area contributed by atoms with Crippen LogP contribution < -0.4 is 5.32 Å². The fraction of sp³-hybridized carbons (Fsp3) is 0.500. The molecule has 1 aromatic heterocycles. The number of hydrogen-bond acceptors (Lipinski definition) is 3. The molecule has 2 aliphatic rings. The average molecular weight is 298 g/mol. The lowest BCUT2D eigenvalue weighted by atomic mass is 10.0. The molecule has 2 nitrogen and oxygen atoms in total. The molecule has 4 rings (SSSR count). The van der Waals surface area contributed by atoms with Gasteiger partial charge in [-0.05, 0) is 62.6 Å². The Labute approximate surface area is 130 Å². The highest BCUT2D eigenvalue weighted by molar-refractivity contribution is 7.11. The maximum absolute atomic E-state index is 4.92. The first-order valence-electron chi connectivity index (χ1n) is 8.11. The van der Waals surface area contributed by atoms with Gasteiger partial charge < -0.3 is 5.32 Å². The molecule has 2 aliphatic carbocycles. The predicted molar refractivity (Wildman–Crippen MR) is 88.1 cm³/mol. The largest absolute Gasteiger partial charge is 0.307 e. The van der Waals surface area contributed by atoms with Gasteiger partial charge in [-0.3, -0.25) is 0 Å². The van der Waals surface area contributed by atoms with Crippen molar-refractivity contribution in [1.29, 1.82) is 0 Å². The summed E-state index contributed by atoms with van der Waals surface area (Å²) in [4.78, 5) is 6.44. The molecule has 3 heteroatoms. The van der Waals surface area contributed by atoms with E-state index in [1.807, 2.05) is 18.4 Å². The molecule has 0 aliphatic heterocycles. The first-order chi connectivity index (χ1) is 10.3. The lowest BCUT2D eigenvalue weighted by molar-refractivity contribution is 0.661. The second kappa shape index (κ2) is 5.54. The summed E-state index contributed by atoms with van der Waals surface area (Å²) in [5.41, 5.74) is 4.20. The normalized spacial score (nSPS) is 19.3. The molecule has 1 fully saturated rings. The Kier molecular flexibility index (Phi) is 3.56. The zero-order chi connectivity index (χ0) is 14.2. The minimum atomic E-state index is 0.244. The molecule has 1 saturated carbocycles. The molecule has 0 amide bonds. The van der Waals surface area contributed by atoms with E-state index in [0.717, 1.165) is 5.92 Å². The summed E-state index contributed by atoms with van der Waals surface area (Å²) in [6.07, 6.45) is 7.76. The van der Waals surface area contributed by atoms with Crippen LogP contribution in [0.4, 0.5) is 0 Å². The number of thiazole rings is 1. The highest BCUT2D eigenvalue weighted by Crippen LogP contribution is 2.40. The van der Waals surface area contributed by atoms with Gasteiger partial charge in [-0.2, -0.15) is 0 Å². The summed E-state index contributed by atoms with van der Waals surface area (Å²) >= 11 is 1.91. The van der Waals surface area contributed by atoms with Gasteiger partial charge in [-0.1, -0.05) is 24.3 Å². The Morgan fingerprint density at radius 3 is 2.57 bits per heavy atom. The fourth-order valence-corrected chi connectivity index (χ4v) is 4.60. The Hall–Kier alpha value is -1.19. The van der Waals surface area contributed by atoms with Crippen molar-refractivity contribution >= 4 is 11.3 Å². The van der Waals surface area contributed by atoms with Crippen LogP contribution in [0.3, 0.4) is 0 Å². The molecule has 0 bridgehead atoms. The molecular weight excluding hydrogens is 276 g/mol. The van der Waals surface area contributed by atoms with E-state index in [2.05, 4.69) is 29.6 Å². The van der Waals surface area contributed by atoms with Crippen molar-refractivity contribution in [2.75, 3.05) is 7.05 Å². The van der Waals surface area contributed by atoms with Crippen LogP contribution in [0.15, 0.2) is 24.3 Å². The fourth-order valence-electron chi connectivity index (χ4n) is 3.31. The van der Waals surface area contributed by atoms with Gasteiger partial charge in [-0.15, -0.1) is 11.3 Å². The number of aromatic nitrogens is 1. The zero-order valence-electron chi connectivity index (χ0n) is 12.6. The van der Waals surface area contributed by atoms with Gasteiger partial charge in [0.15, 0.2) is 0 Å². The van der Waals surface area contributed by atoms with E-state index < -0.39 is 0 Å². The minimum absolute atomic E-state index is 0.244. The summed E-state index contributed by atoms with van der Waals surface area (Å²) in [6.45, 7) is 0. The molecule has 1 heterocycles. The van der Waals surface area contributed by atoms with Crippen molar-refractivity contribution in [3.63, 3.8) is 0 Å². The van der Waals surface area contributed by atoms with Crippen LogP contribution in [-0.4, -0.2) is 12.0 Å². The van der Waals surface area contributed by atoms with Crippen LogP contribution in [0.25, 0.3) is 0 Å². The molecule has 0 radical (unpaired) electrons. The van der Waals surface area contributed by atoms with Crippen LogP contribution in [-0.2, 0) is 12.8 Å². The van der Waals surface area contributed by atoms with E-state index in [1.165, 1.54) is 65.2 Å². The van der Waals surface area contributed by atoms with Crippen molar-refractivity contribution in [1.82, 2.24) is 10.3 Å². The maximum atomic E-state index is 4.92. The van der Waals surface area contributed by atoms with Crippen LogP contribution in [0, 0.1) is 0 Å². The van der Waals surface area contributed by atoms with E-state index in [1.54, 1.807) is 0 Å². The molecule has 1 N–H and O–H groups in total. The van der Waals surface area contributed by atoms with Crippen molar-refractivity contribution in [2.45, 2.75) is 50.5 Å². The van der Waals surface area contributed by atoms with Crippen molar-refractivity contribution < 1.29 is 0 Å². The molecule has 0 saturated heterocycles. The summed E-state index contributed by atoms with van der Waals surface area (Å²) < 4.78 is 0. The Morgan fingerprint density at radius 1 is 1.14 bits per heavy atom. The second-order valence-electron chi connectivity index (χ2n) is 6.29. The second-order valence-corrected chi connectivity index (χ2v) is 7.41. The minimum Gasteiger partial charge on any atom is -0.307 e. The zero-order valence-corrected chi connectivity index (χ0v) is 13.4. The monoisotopic (exact) mass is 298 g/mol. The number of rotatable bonds is 4. The molecular formula is C18H22N2S. The van der Waals surface area contributed by atoms with Gasteiger partial charge in [0, 0.05) is 4.88 Å². The van der Waals surface area contributed by atoms with Crippen LogP contribution in [0.1, 0.15) is 64.3 Å². The number of benzene rings is 1. The maximum Gasteiger partial charge on any atom is 0.115 e. The third-order valence-corrected chi connectivity index (χ3v) is 5.94. The summed E-state index contributed by atoms with van der Waals surface area (Å²) in [5, 5.41) is 4.70. The van der Waals surface area contributed by atoms with Crippen molar-refractivity contribution in [3.8, 4) is 0 Å². The number of fused-ring (bicyclic) bond motifs is 1. The molecule has 1 unspecified atom stereocenters. The van der Waals surface area contributed by atoms with E-state index in [4.69, 9.17) is 4.98 Å². The molecule has 21 heavy (non-hydrogen) atoms.